The molecule has 0 spiro atoms. The lowest BCUT2D eigenvalue weighted by molar-refractivity contribution is 0.222. The topological polar surface area (TPSA) is 69.3 Å². The first-order valence-corrected chi connectivity index (χ1v) is 7.63. The van der Waals surface area contributed by atoms with Crippen LogP contribution in [-0.4, -0.2) is 60.8 Å². The van der Waals surface area contributed by atoms with Crippen LogP contribution in [0.25, 0.3) is 11.0 Å². The van der Waals surface area contributed by atoms with Gasteiger partial charge in [-0.1, -0.05) is 0 Å². The Bertz CT molecular complexity index is 687. The standard InChI is InChI=1S/C12H16N4O2S/c1-15-4-6-16(7-5-15)19(17,18)10-2-3-11-12(8-10)14-9-13-11/h2-3,8-9H,4-7H2,1H3,(H,13,14). The summed E-state index contributed by atoms with van der Waals surface area (Å²) in [7, 11) is -1.40. The van der Waals surface area contributed by atoms with Crippen molar-refractivity contribution in [1.82, 2.24) is 19.2 Å². The van der Waals surface area contributed by atoms with E-state index in [1.54, 1.807) is 28.8 Å². The van der Waals surface area contributed by atoms with E-state index in [1.807, 2.05) is 7.05 Å². The molecular formula is C12H16N4O2S. The van der Waals surface area contributed by atoms with Crippen molar-refractivity contribution in [1.29, 1.82) is 0 Å². The second kappa shape index (κ2) is 4.59. The summed E-state index contributed by atoms with van der Waals surface area (Å²) in [6.07, 6.45) is 1.57. The summed E-state index contributed by atoms with van der Waals surface area (Å²) in [6.45, 7) is 2.62. The normalized spacial score (nSPS) is 19.0. The predicted molar refractivity (Wildman–Crippen MR) is 72.3 cm³/mol. The van der Waals surface area contributed by atoms with Gasteiger partial charge >= 0.3 is 0 Å². The van der Waals surface area contributed by atoms with Crippen LogP contribution >= 0.6 is 0 Å². The Morgan fingerprint density at radius 3 is 2.68 bits per heavy atom. The van der Waals surface area contributed by atoms with Crippen LogP contribution in [0.5, 0.6) is 0 Å². The molecule has 2 aromatic rings. The van der Waals surface area contributed by atoms with E-state index in [9.17, 15) is 8.42 Å². The number of benzene rings is 1. The fraction of sp³-hybridized carbons (Fsp3) is 0.417. The molecule has 0 aliphatic carbocycles. The number of hydrogen-bond donors (Lipinski definition) is 1. The molecule has 1 saturated heterocycles. The summed E-state index contributed by atoms with van der Waals surface area (Å²) >= 11 is 0. The molecule has 1 fully saturated rings. The van der Waals surface area contributed by atoms with Crippen molar-refractivity contribution in [3.63, 3.8) is 0 Å². The van der Waals surface area contributed by atoms with Crippen molar-refractivity contribution in [2.45, 2.75) is 4.90 Å². The smallest absolute Gasteiger partial charge is 0.243 e. The largest absolute Gasteiger partial charge is 0.345 e. The van der Waals surface area contributed by atoms with Crippen LogP contribution in [0.2, 0.25) is 0 Å². The first kappa shape index (κ1) is 12.6. The molecule has 6 nitrogen and oxygen atoms in total. The predicted octanol–water partition coefficient (Wildman–Crippen LogP) is 0.499. The van der Waals surface area contributed by atoms with Gasteiger partial charge in [-0.05, 0) is 25.2 Å². The highest BCUT2D eigenvalue weighted by Gasteiger charge is 2.27. The Balaban J connectivity index is 1.94. The molecule has 1 aromatic carbocycles. The summed E-state index contributed by atoms with van der Waals surface area (Å²) in [5.41, 5.74) is 1.52. The minimum atomic E-state index is -3.40. The lowest BCUT2D eigenvalue weighted by Gasteiger charge is -2.31. The Morgan fingerprint density at radius 1 is 1.21 bits per heavy atom. The molecule has 0 bridgehead atoms. The van der Waals surface area contributed by atoms with Crippen molar-refractivity contribution < 1.29 is 8.42 Å². The number of imidazole rings is 1. The van der Waals surface area contributed by atoms with Gasteiger partial charge in [0.1, 0.15) is 0 Å². The zero-order chi connectivity index (χ0) is 13.5. The van der Waals surface area contributed by atoms with Crippen molar-refractivity contribution in [3.8, 4) is 0 Å². The lowest BCUT2D eigenvalue weighted by atomic mass is 10.3. The molecule has 0 saturated carbocycles. The number of hydrogen-bond acceptors (Lipinski definition) is 4. The number of aromatic nitrogens is 2. The number of rotatable bonds is 2. The van der Waals surface area contributed by atoms with E-state index < -0.39 is 10.0 Å². The molecule has 0 radical (unpaired) electrons. The van der Waals surface area contributed by atoms with Crippen LogP contribution in [0.3, 0.4) is 0 Å². The quantitative estimate of drug-likeness (QED) is 0.869. The maximum Gasteiger partial charge on any atom is 0.243 e. The Labute approximate surface area is 112 Å². The molecule has 1 aliphatic rings. The van der Waals surface area contributed by atoms with Gasteiger partial charge < -0.3 is 9.88 Å². The van der Waals surface area contributed by atoms with Crippen molar-refractivity contribution in [2.75, 3.05) is 33.2 Å². The SMILES string of the molecule is CN1CCN(S(=O)(=O)c2ccc3nc[nH]c3c2)CC1. The molecule has 3 rings (SSSR count). The van der Waals surface area contributed by atoms with Gasteiger partial charge in [0.2, 0.25) is 10.0 Å². The number of fused-ring (bicyclic) bond motifs is 1. The Kier molecular flexibility index (Phi) is 3.04. The zero-order valence-corrected chi connectivity index (χ0v) is 11.5. The van der Waals surface area contributed by atoms with Gasteiger partial charge in [-0.2, -0.15) is 4.31 Å². The molecule has 1 N–H and O–H groups in total. The fourth-order valence-corrected chi connectivity index (χ4v) is 3.70. The Morgan fingerprint density at radius 2 is 1.95 bits per heavy atom. The number of nitrogens with zero attached hydrogens (tertiary/aromatic N) is 3. The molecule has 2 heterocycles. The highest BCUT2D eigenvalue weighted by molar-refractivity contribution is 7.89. The first-order valence-electron chi connectivity index (χ1n) is 6.19. The van der Waals surface area contributed by atoms with Crippen LogP contribution < -0.4 is 0 Å². The zero-order valence-electron chi connectivity index (χ0n) is 10.7. The van der Waals surface area contributed by atoms with Crippen LogP contribution in [0.4, 0.5) is 0 Å². The maximum atomic E-state index is 12.5. The van der Waals surface area contributed by atoms with Crippen LogP contribution in [0, 0.1) is 0 Å². The van der Waals surface area contributed by atoms with Gasteiger partial charge in [0.05, 0.1) is 22.3 Å². The molecule has 0 atom stereocenters. The van der Waals surface area contributed by atoms with Crippen LogP contribution in [0.15, 0.2) is 29.4 Å². The molecule has 1 aromatic heterocycles. The third-order valence-electron chi connectivity index (χ3n) is 3.49. The van der Waals surface area contributed by atoms with Gasteiger partial charge in [-0.25, -0.2) is 13.4 Å². The molecule has 102 valence electrons. The number of sulfonamides is 1. The molecule has 19 heavy (non-hydrogen) atoms. The molecule has 1 aliphatic heterocycles. The minimum Gasteiger partial charge on any atom is -0.345 e. The van der Waals surface area contributed by atoms with E-state index in [2.05, 4.69) is 14.9 Å². The van der Waals surface area contributed by atoms with E-state index in [1.165, 1.54) is 0 Å². The van der Waals surface area contributed by atoms with Gasteiger partial charge in [-0.15, -0.1) is 0 Å². The lowest BCUT2D eigenvalue weighted by Crippen LogP contribution is -2.46. The van der Waals surface area contributed by atoms with Crippen molar-refractivity contribution in [2.24, 2.45) is 0 Å². The monoisotopic (exact) mass is 280 g/mol. The summed E-state index contributed by atoms with van der Waals surface area (Å²) < 4.78 is 26.6. The molecule has 0 amide bonds. The average molecular weight is 280 g/mol. The second-order valence-electron chi connectivity index (χ2n) is 4.79. The van der Waals surface area contributed by atoms with E-state index in [0.29, 0.717) is 18.0 Å². The number of nitrogens with one attached hydrogen (secondary N) is 1. The average Bonchev–Trinajstić information content (AvgIpc) is 2.86. The van der Waals surface area contributed by atoms with Gasteiger partial charge in [-0.3, -0.25) is 0 Å². The fourth-order valence-electron chi connectivity index (χ4n) is 2.25. The Hall–Kier alpha value is -1.44. The van der Waals surface area contributed by atoms with E-state index in [4.69, 9.17) is 0 Å². The highest BCUT2D eigenvalue weighted by atomic mass is 32.2. The van der Waals surface area contributed by atoms with Crippen LogP contribution in [0.1, 0.15) is 0 Å². The van der Waals surface area contributed by atoms with Gasteiger partial charge in [0.15, 0.2) is 0 Å². The minimum absolute atomic E-state index is 0.328. The van der Waals surface area contributed by atoms with E-state index in [-0.39, 0.29) is 0 Å². The number of piperazine rings is 1. The maximum absolute atomic E-state index is 12.5. The number of aromatic amines is 1. The van der Waals surface area contributed by atoms with Gasteiger partial charge in [0.25, 0.3) is 0 Å². The molecule has 0 unspecified atom stereocenters. The third-order valence-corrected chi connectivity index (χ3v) is 5.39. The second-order valence-corrected chi connectivity index (χ2v) is 6.73. The molecule has 7 heteroatoms. The third kappa shape index (κ3) is 2.24. The first-order chi connectivity index (χ1) is 9.07. The molecular weight excluding hydrogens is 264 g/mol. The van der Waals surface area contributed by atoms with Crippen molar-refractivity contribution >= 4 is 21.1 Å². The summed E-state index contributed by atoms with van der Waals surface area (Å²) in [5.74, 6) is 0. The number of H-pyrrole nitrogens is 1. The van der Waals surface area contributed by atoms with Crippen LogP contribution in [-0.2, 0) is 10.0 Å². The highest BCUT2D eigenvalue weighted by Crippen LogP contribution is 2.20. The summed E-state index contributed by atoms with van der Waals surface area (Å²) in [5, 5.41) is 0. The van der Waals surface area contributed by atoms with Gasteiger partial charge in [0, 0.05) is 26.2 Å². The van der Waals surface area contributed by atoms with E-state index in [0.717, 1.165) is 24.1 Å². The summed E-state index contributed by atoms with van der Waals surface area (Å²) in [4.78, 5) is 9.49. The van der Waals surface area contributed by atoms with E-state index >= 15 is 0 Å². The number of likely N-dealkylation sites (N-methyl/N-ethyl adjacent to an activating group) is 1. The van der Waals surface area contributed by atoms with Crippen molar-refractivity contribution in [3.05, 3.63) is 24.5 Å². The summed E-state index contributed by atoms with van der Waals surface area (Å²) in [6, 6.07) is 5.00.